The summed E-state index contributed by atoms with van der Waals surface area (Å²) in [5, 5.41) is 13.0. The Kier molecular flexibility index (Phi) is 5.48. The van der Waals surface area contributed by atoms with E-state index in [2.05, 4.69) is 12.2 Å². The lowest BCUT2D eigenvalue weighted by Crippen LogP contribution is -2.43. The van der Waals surface area contributed by atoms with Gasteiger partial charge in [0, 0.05) is 0 Å². The molecule has 3 nitrogen and oxygen atoms in total. The van der Waals surface area contributed by atoms with Crippen LogP contribution < -0.4 is 5.32 Å². The Labute approximate surface area is 113 Å². The number of carboxylic acids is 1. The van der Waals surface area contributed by atoms with Crippen molar-refractivity contribution < 1.29 is 9.90 Å². The van der Waals surface area contributed by atoms with Crippen molar-refractivity contribution >= 4 is 23.3 Å². The molecule has 0 aliphatic heterocycles. The molecule has 100 valence electrons. The number of unbranched alkanes of at least 4 members (excludes halogenated alkanes) is 2. The van der Waals surface area contributed by atoms with Gasteiger partial charge in [0.15, 0.2) is 0 Å². The maximum Gasteiger partial charge on any atom is 0.329 e. The van der Waals surface area contributed by atoms with Crippen LogP contribution in [0.2, 0.25) is 5.02 Å². The number of para-hydroxylation sites is 1. The van der Waals surface area contributed by atoms with E-state index in [0.717, 1.165) is 19.3 Å². The predicted molar refractivity (Wildman–Crippen MR) is 75.3 cm³/mol. The van der Waals surface area contributed by atoms with Crippen LogP contribution in [0.25, 0.3) is 0 Å². The summed E-state index contributed by atoms with van der Waals surface area (Å²) in [4.78, 5) is 11.4. The second kappa shape index (κ2) is 6.64. The number of hydrogen-bond donors (Lipinski definition) is 2. The number of halogens is 1. The van der Waals surface area contributed by atoms with Crippen LogP contribution in [0.5, 0.6) is 0 Å². The highest BCUT2D eigenvalue weighted by Crippen LogP contribution is 2.27. The SMILES string of the molecule is CCCCCC(C)(Nc1ccccc1Cl)C(=O)O. The molecule has 0 aliphatic rings. The van der Waals surface area contributed by atoms with E-state index in [1.54, 1.807) is 19.1 Å². The van der Waals surface area contributed by atoms with Crippen LogP contribution in [-0.4, -0.2) is 16.6 Å². The summed E-state index contributed by atoms with van der Waals surface area (Å²) in [6.45, 7) is 3.80. The van der Waals surface area contributed by atoms with Crippen molar-refractivity contribution in [1.82, 2.24) is 0 Å². The molecule has 1 aromatic carbocycles. The molecule has 1 rings (SSSR count). The van der Waals surface area contributed by atoms with Crippen molar-refractivity contribution in [2.75, 3.05) is 5.32 Å². The number of benzene rings is 1. The lowest BCUT2D eigenvalue weighted by molar-refractivity contribution is -0.142. The van der Waals surface area contributed by atoms with E-state index in [9.17, 15) is 9.90 Å². The lowest BCUT2D eigenvalue weighted by Gasteiger charge is -2.28. The van der Waals surface area contributed by atoms with E-state index in [4.69, 9.17) is 11.6 Å². The maximum absolute atomic E-state index is 11.4. The van der Waals surface area contributed by atoms with Crippen LogP contribution in [0.3, 0.4) is 0 Å². The van der Waals surface area contributed by atoms with E-state index in [0.29, 0.717) is 17.1 Å². The van der Waals surface area contributed by atoms with Gasteiger partial charge in [-0.25, -0.2) is 4.79 Å². The van der Waals surface area contributed by atoms with Gasteiger partial charge in [-0.15, -0.1) is 0 Å². The summed E-state index contributed by atoms with van der Waals surface area (Å²) in [5.74, 6) is -0.849. The minimum Gasteiger partial charge on any atom is -0.480 e. The first-order valence-electron chi connectivity index (χ1n) is 6.25. The highest BCUT2D eigenvalue weighted by molar-refractivity contribution is 6.33. The van der Waals surface area contributed by atoms with E-state index < -0.39 is 11.5 Å². The molecule has 0 spiro atoms. The summed E-state index contributed by atoms with van der Waals surface area (Å²) < 4.78 is 0. The quantitative estimate of drug-likeness (QED) is 0.730. The average molecular weight is 270 g/mol. The Morgan fingerprint density at radius 3 is 2.61 bits per heavy atom. The largest absolute Gasteiger partial charge is 0.480 e. The molecular formula is C14H20ClNO2. The fraction of sp³-hybridized carbons (Fsp3) is 0.500. The lowest BCUT2D eigenvalue weighted by atomic mass is 9.94. The van der Waals surface area contributed by atoms with Crippen molar-refractivity contribution in [1.29, 1.82) is 0 Å². The number of carboxylic acid groups (broad SMARTS) is 1. The summed E-state index contributed by atoms with van der Waals surface area (Å²) in [7, 11) is 0. The van der Waals surface area contributed by atoms with Crippen LogP contribution >= 0.6 is 11.6 Å². The summed E-state index contributed by atoms with van der Waals surface area (Å²) >= 11 is 6.04. The molecular weight excluding hydrogens is 250 g/mol. The molecule has 0 fully saturated rings. The zero-order valence-electron chi connectivity index (χ0n) is 10.9. The van der Waals surface area contributed by atoms with Crippen molar-refractivity contribution in [3.63, 3.8) is 0 Å². The molecule has 1 aromatic rings. The van der Waals surface area contributed by atoms with Gasteiger partial charge in [0.25, 0.3) is 0 Å². The minimum atomic E-state index is -0.972. The molecule has 0 radical (unpaired) electrons. The predicted octanol–water partition coefficient (Wildman–Crippen LogP) is 4.18. The van der Waals surface area contributed by atoms with Gasteiger partial charge in [0.1, 0.15) is 5.54 Å². The Balaban J connectivity index is 2.79. The molecule has 0 heterocycles. The van der Waals surface area contributed by atoms with Crippen LogP contribution in [-0.2, 0) is 4.79 Å². The van der Waals surface area contributed by atoms with Crippen molar-refractivity contribution in [3.05, 3.63) is 29.3 Å². The second-order valence-electron chi connectivity index (χ2n) is 4.70. The first-order chi connectivity index (χ1) is 8.49. The Bertz CT molecular complexity index is 409. The van der Waals surface area contributed by atoms with Gasteiger partial charge in [-0.3, -0.25) is 0 Å². The summed E-state index contributed by atoms with van der Waals surface area (Å²) in [6.07, 6.45) is 3.58. The molecule has 0 saturated carbocycles. The average Bonchev–Trinajstić information content (AvgIpc) is 2.32. The zero-order chi connectivity index (χ0) is 13.6. The second-order valence-corrected chi connectivity index (χ2v) is 5.11. The van der Waals surface area contributed by atoms with Crippen LogP contribution in [0.1, 0.15) is 39.5 Å². The van der Waals surface area contributed by atoms with Crippen LogP contribution in [0.15, 0.2) is 24.3 Å². The minimum absolute atomic E-state index is 0.542. The highest BCUT2D eigenvalue weighted by Gasteiger charge is 2.32. The van der Waals surface area contributed by atoms with Gasteiger partial charge in [-0.05, 0) is 25.5 Å². The smallest absolute Gasteiger partial charge is 0.329 e. The Morgan fingerprint density at radius 1 is 1.39 bits per heavy atom. The number of hydrogen-bond acceptors (Lipinski definition) is 2. The number of carbonyl (C=O) groups is 1. The normalized spacial score (nSPS) is 13.9. The van der Waals surface area contributed by atoms with E-state index >= 15 is 0 Å². The first-order valence-corrected chi connectivity index (χ1v) is 6.63. The zero-order valence-corrected chi connectivity index (χ0v) is 11.6. The number of aliphatic carboxylic acids is 1. The molecule has 4 heteroatoms. The summed E-state index contributed by atoms with van der Waals surface area (Å²) in [5.41, 5.74) is -0.305. The molecule has 18 heavy (non-hydrogen) atoms. The number of nitrogens with one attached hydrogen (secondary N) is 1. The Hall–Kier alpha value is -1.22. The standard InChI is InChI=1S/C14H20ClNO2/c1-3-4-7-10-14(2,13(17)18)16-12-9-6-5-8-11(12)15/h5-6,8-9,16H,3-4,7,10H2,1-2H3,(H,17,18). The molecule has 0 aromatic heterocycles. The number of rotatable bonds is 7. The van der Waals surface area contributed by atoms with Crippen molar-refractivity contribution in [2.24, 2.45) is 0 Å². The maximum atomic E-state index is 11.4. The van der Waals surface area contributed by atoms with Crippen molar-refractivity contribution in [2.45, 2.75) is 45.1 Å². The van der Waals surface area contributed by atoms with Crippen LogP contribution in [0, 0.1) is 0 Å². The monoisotopic (exact) mass is 269 g/mol. The fourth-order valence-corrected chi connectivity index (χ4v) is 1.99. The molecule has 1 atom stereocenters. The third-order valence-corrected chi connectivity index (χ3v) is 3.37. The third-order valence-electron chi connectivity index (χ3n) is 3.04. The molecule has 0 aliphatic carbocycles. The van der Waals surface area contributed by atoms with Gasteiger partial charge in [-0.2, -0.15) is 0 Å². The third kappa shape index (κ3) is 3.91. The van der Waals surface area contributed by atoms with Crippen molar-refractivity contribution in [3.8, 4) is 0 Å². The topological polar surface area (TPSA) is 49.3 Å². The Morgan fingerprint density at radius 2 is 2.06 bits per heavy atom. The first kappa shape index (κ1) is 14.8. The molecule has 0 amide bonds. The van der Waals surface area contributed by atoms with Gasteiger partial charge in [-0.1, -0.05) is 49.9 Å². The fourth-order valence-electron chi connectivity index (χ4n) is 1.81. The van der Waals surface area contributed by atoms with E-state index in [-0.39, 0.29) is 0 Å². The van der Waals surface area contributed by atoms with Gasteiger partial charge in [0.05, 0.1) is 10.7 Å². The van der Waals surface area contributed by atoms with Gasteiger partial charge in [0.2, 0.25) is 0 Å². The van der Waals surface area contributed by atoms with E-state index in [1.807, 2.05) is 12.1 Å². The summed E-state index contributed by atoms with van der Waals surface area (Å²) in [6, 6.07) is 7.20. The van der Waals surface area contributed by atoms with Gasteiger partial charge >= 0.3 is 5.97 Å². The van der Waals surface area contributed by atoms with E-state index in [1.165, 1.54) is 0 Å². The molecule has 0 bridgehead atoms. The highest BCUT2D eigenvalue weighted by atomic mass is 35.5. The number of anilines is 1. The molecule has 0 saturated heterocycles. The van der Waals surface area contributed by atoms with Crippen LogP contribution in [0.4, 0.5) is 5.69 Å². The van der Waals surface area contributed by atoms with Gasteiger partial charge < -0.3 is 10.4 Å². The molecule has 1 unspecified atom stereocenters. The molecule has 2 N–H and O–H groups in total.